The molecule has 0 aromatic heterocycles. The van der Waals surface area contributed by atoms with Gasteiger partial charge in [-0.2, -0.15) is 13.2 Å². The lowest BCUT2D eigenvalue weighted by Gasteiger charge is -2.30. The molecule has 0 N–H and O–H groups in total. The topological polar surface area (TPSA) is 90.9 Å². The molecule has 8 atom stereocenters. The van der Waals surface area contributed by atoms with E-state index < -0.39 is 24.1 Å². The average molecular weight is 753 g/mol. The summed E-state index contributed by atoms with van der Waals surface area (Å²) in [6, 6.07) is 4.90. The molecule has 1 aromatic rings. The number of unbranched alkanes of at least 4 members (excludes halogenated alkanes) is 1. The van der Waals surface area contributed by atoms with Crippen LogP contribution in [0.3, 0.4) is 0 Å². The molecule has 0 amide bonds. The lowest BCUT2D eigenvalue weighted by atomic mass is 9.89. The first-order valence-corrected chi connectivity index (χ1v) is 19.9. The van der Waals surface area contributed by atoms with Crippen molar-refractivity contribution in [3.8, 4) is 5.75 Å². The lowest BCUT2D eigenvalue weighted by Crippen LogP contribution is -2.32. The van der Waals surface area contributed by atoms with Crippen LogP contribution in [0.2, 0.25) is 0 Å². The van der Waals surface area contributed by atoms with E-state index in [1.54, 1.807) is 0 Å². The summed E-state index contributed by atoms with van der Waals surface area (Å²) in [7, 11) is 0. The van der Waals surface area contributed by atoms with Crippen LogP contribution in [-0.2, 0) is 44.1 Å². The Kier molecular flexibility index (Phi) is 17.4. The first-order valence-electron chi connectivity index (χ1n) is 19.9. The molecule has 12 heteroatoms. The first kappa shape index (κ1) is 41.7. The standard InChI is InChI=1S/C41H59F3O9/c1-2-23-46-37(45)17-6-4-3-5-16-33-34(36(53-40-20-9-12-26-49-40)28-35(33)52-39-19-8-11-25-48-39)22-21-32(51-38-18-7-10-24-47-38)29-50-31-15-13-14-30(27-31)41(42,43)44/h3,5,13-15,21-22,27,32-36,38-40H,2,4,6-12,16-20,23-26,28-29H2,1H3/b5-3-,22-21+/t32-,33+,34+,35-,36+,38?,39?,40?/m0/s1. The zero-order valence-electron chi connectivity index (χ0n) is 31.2. The van der Waals surface area contributed by atoms with Gasteiger partial charge in [-0.25, -0.2) is 0 Å². The summed E-state index contributed by atoms with van der Waals surface area (Å²) in [5.74, 6) is -0.105. The molecule has 4 fully saturated rings. The predicted octanol–water partition coefficient (Wildman–Crippen LogP) is 9.08. The fraction of sp³-hybridized carbons (Fsp3) is 0.732. The third-order valence-corrected chi connectivity index (χ3v) is 10.2. The number of hydrogen-bond acceptors (Lipinski definition) is 9. The number of carbonyl (C=O) groups excluding carboxylic acids is 1. The van der Waals surface area contributed by atoms with Crippen molar-refractivity contribution in [2.24, 2.45) is 11.8 Å². The van der Waals surface area contributed by atoms with Crippen LogP contribution in [0.4, 0.5) is 13.2 Å². The van der Waals surface area contributed by atoms with Crippen molar-refractivity contribution in [2.75, 3.05) is 33.0 Å². The van der Waals surface area contributed by atoms with Gasteiger partial charge < -0.3 is 37.9 Å². The predicted molar refractivity (Wildman–Crippen MR) is 192 cm³/mol. The molecule has 53 heavy (non-hydrogen) atoms. The molecule has 1 aromatic carbocycles. The minimum Gasteiger partial charge on any atom is -0.491 e. The van der Waals surface area contributed by atoms with Gasteiger partial charge in [0, 0.05) is 38.6 Å². The second-order valence-corrected chi connectivity index (χ2v) is 14.4. The van der Waals surface area contributed by atoms with Crippen molar-refractivity contribution in [2.45, 2.75) is 147 Å². The molecule has 298 valence electrons. The molecule has 0 bridgehead atoms. The number of ether oxygens (including phenoxy) is 8. The zero-order chi connectivity index (χ0) is 37.3. The Labute approximate surface area is 312 Å². The van der Waals surface area contributed by atoms with E-state index >= 15 is 0 Å². The van der Waals surface area contributed by atoms with Gasteiger partial charge in [-0.15, -0.1) is 0 Å². The molecule has 1 saturated carbocycles. The van der Waals surface area contributed by atoms with Crippen molar-refractivity contribution >= 4 is 5.97 Å². The van der Waals surface area contributed by atoms with Gasteiger partial charge in [-0.05, 0) is 108 Å². The number of benzene rings is 1. The van der Waals surface area contributed by atoms with Crippen LogP contribution >= 0.6 is 0 Å². The first-order chi connectivity index (χ1) is 25.8. The van der Waals surface area contributed by atoms with E-state index in [9.17, 15) is 18.0 Å². The van der Waals surface area contributed by atoms with Gasteiger partial charge in [0.25, 0.3) is 0 Å². The van der Waals surface area contributed by atoms with Crippen LogP contribution in [0.25, 0.3) is 0 Å². The fourth-order valence-corrected chi connectivity index (χ4v) is 7.36. The monoisotopic (exact) mass is 752 g/mol. The summed E-state index contributed by atoms with van der Waals surface area (Å²) in [6.07, 6.45) is 14.4. The summed E-state index contributed by atoms with van der Waals surface area (Å²) in [5.41, 5.74) is -0.769. The summed E-state index contributed by atoms with van der Waals surface area (Å²) < 4.78 is 89.2. The minimum atomic E-state index is -4.48. The largest absolute Gasteiger partial charge is 0.491 e. The summed E-state index contributed by atoms with van der Waals surface area (Å²) in [4.78, 5) is 12.0. The Morgan fingerprint density at radius 2 is 1.58 bits per heavy atom. The Balaban J connectivity index is 1.34. The van der Waals surface area contributed by atoms with Gasteiger partial charge in [0.05, 0.1) is 24.4 Å². The van der Waals surface area contributed by atoms with Crippen LogP contribution in [-0.4, -0.2) is 76.2 Å². The summed E-state index contributed by atoms with van der Waals surface area (Å²) in [5, 5.41) is 0. The number of rotatable bonds is 19. The van der Waals surface area contributed by atoms with E-state index in [1.165, 1.54) is 12.1 Å². The number of esters is 1. The van der Waals surface area contributed by atoms with Crippen LogP contribution in [0.5, 0.6) is 5.75 Å². The molecule has 5 rings (SSSR count). The summed E-state index contributed by atoms with van der Waals surface area (Å²) >= 11 is 0. The van der Waals surface area contributed by atoms with Crippen molar-refractivity contribution in [1.29, 1.82) is 0 Å². The van der Waals surface area contributed by atoms with Gasteiger partial charge in [0.2, 0.25) is 0 Å². The fourth-order valence-electron chi connectivity index (χ4n) is 7.36. The number of carbonyl (C=O) groups is 1. The minimum absolute atomic E-state index is 0.00273. The third-order valence-electron chi connectivity index (χ3n) is 10.2. The molecular formula is C41H59F3O9. The molecule has 0 radical (unpaired) electrons. The van der Waals surface area contributed by atoms with Crippen molar-refractivity contribution < 1.29 is 55.9 Å². The molecule has 3 aliphatic heterocycles. The normalized spacial score (nSPS) is 29.1. The zero-order valence-corrected chi connectivity index (χ0v) is 31.2. The highest BCUT2D eigenvalue weighted by Gasteiger charge is 2.45. The van der Waals surface area contributed by atoms with Crippen LogP contribution in [0.1, 0.15) is 109 Å². The van der Waals surface area contributed by atoms with Gasteiger partial charge in [0.15, 0.2) is 18.9 Å². The number of allylic oxidation sites excluding steroid dienone is 2. The highest BCUT2D eigenvalue weighted by atomic mass is 19.4. The van der Waals surface area contributed by atoms with Gasteiger partial charge in [-0.1, -0.05) is 37.3 Å². The SMILES string of the molecule is CCCOC(=O)CCC/C=C\C[C@@H]1[C@@H](/C=C/[C@@H](COc2cccc(C(F)(F)F)c2)OC2CCCCO2)[C@H](OC2CCCCO2)C[C@@H]1OC1CCCCO1. The maximum absolute atomic E-state index is 13.4. The molecule has 3 saturated heterocycles. The molecular weight excluding hydrogens is 693 g/mol. The van der Waals surface area contributed by atoms with Crippen molar-refractivity contribution in [3.63, 3.8) is 0 Å². The smallest absolute Gasteiger partial charge is 0.416 e. The van der Waals surface area contributed by atoms with Crippen LogP contribution in [0, 0.1) is 11.8 Å². The third kappa shape index (κ3) is 14.3. The number of hydrogen-bond donors (Lipinski definition) is 0. The molecule has 3 heterocycles. The highest BCUT2D eigenvalue weighted by Crippen LogP contribution is 2.42. The summed E-state index contributed by atoms with van der Waals surface area (Å²) in [6.45, 7) is 4.36. The Morgan fingerprint density at radius 3 is 2.23 bits per heavy atom. The maximum Gasteiger partial charge on any atom is 0.416 e. The van der Waals surface area contributed by atoms with Gasteiger partial charge >= 0.3 is 12.1 Å². The second-order valence-electron chi connectivity index (χ2n) is 14.4. The Hall–Kier alpha value is -2.48. The van der Waals surface area contributed by atoms with Crippen molar-refractivity contribution in [1.82, 2.24) is 0 Å². The number of alkyl halides is 3. The van der Waals surface area contributed by atoms with Gasteiger partial charge in [0.1, 0.15) is 18.5 Å². The Bertz CT molecular complexity index is 1260. The van der Waals surface area contributed by atoms with E-state index in [4.69, 9.17) is 37.9 Å². The average Bonchev–Trinajstić information content (AvgIpc) is 3.48. The van der Waals surface area contributed by atoms with E-state index in [1.807, 2.05) is 13.0 Å². The lowest BCUT2D eigenvalue weighted by molar-refractivity contribution is -0.203. The van der Waals surface area contributed by atoms with E-state index in [0.717, 1.165) is 89.2 Å². The van der Waals surface area contributed by atoms with E-state index in [0.29, 0.717) is 45.7 Å². The molecule has 3 unspecified atom stereocenters. The molecule has 4 aliphatic rings. The van der Waals surface area contributed by atoms with Crippen LogP contribution in [0.15, 0.2) is 48.6 Å². The molecule has 9 nitrogen and oxygen atoms in total. The van der Waals surface area contributed by atoms with Crippen molar-refractivity contribution in [3.05, 3.63) is 54.1 Å². The van der Waals surface area contributed by atoms with E-state index in [-0.39, 0.29) is 54.9 Å². The molecule has 1 aliphatic carbocycles. The highest BCUT2D eigenvalue weighted by molar-refractivity contribution is 5.69. The van der Waals surface area contributed by atoms with E-state index in [2.05, 4.69) is 18.2 Å². The van der Waals surface area contributed by atoms with Gasteiger partial charge in [-0.3, -0.25) is 4.79 Å². The molecule has 0 spiro atoms. The van der Waals surface area contributed by atoms with Crippen LogP contribution < -0.4 is 4.74 Å². The second kappa shape index (κ2) is 22.2. The maximum atomic E-state index is 13.4. The number of halogens is 3. The quantitative estimate of drug-likeness (QED) is 0.0780. The Morgan fingerprint density at radius 1 is 0.906 bits per heavy atom.